The second-order valence-electron chi connectivity index (χ2n) is 4.28. The third kappa shape index (κ3) is 4.62. The van der Waals surface area contributed by atoms with E-state index in [9.17, 15) is 0 Å². The van der Waals surface area contributed by atoms with Crippen molar-refractivity contribution in [3.05, 3.63) is 35.4 Å². The molecule has 0 saturated heterocycles. The van der Waals surface area contributed by atoms with E-state index in [1.807, 2.05) is 0 Å². The molecule has 0 radical (unpaired) electrons. The van der Waals surface area contributed by atoms with Crippen molar-refractivity contribution in [1.29, 1.82) is 0 Å². The van der Waals surface area contributed by atoms with Crippen molar-refractivity contribution in [2.75, 3.05) is 12.8 Å². The fourth-order valence-corrected chi connectivity index (χ4v) is 2.55. The molecule has 0 aliphatic carbocycles. The fraction of sp³-hybridized carbons (Fsp3) is 0.538. The van der Waals surface area contributed by atoms with Gasteiger partial charge in [0.1, 0.15) is 0 Å². The Morgan fingerprint density at radius 1 is 1.27 bits per heavy atom. The Morgan fingerprint density at radius 2 is 1.87 bits per heavy atom. The minimum absolute atomic E-state index is 0.169. The molecule has 3 unspecified atom stereocenters. The normalized spacial score (nSPS) is 14.9. The predicted molar refractivity (Wildman–Crippen MR) is 76.3 cm³/mol. The lowest BCUT2D eigenvalue weighted by molar-refractivity contribution is 0.733. The van der Waals surface area contributed by atoms with Gasteiger partial charge in [-0.05, 0) is 42.7 Å². The number of hydrogen-bond donors (Lipinski definition) is 0. The van der Waals surface area contributed by atoms with Gasteiger partial charge in [-0.2, -0.15) is 0 Å². The van der Waals surface area contributed by atoms with Gasteiger partial charge in [0.05, 0.1) is 0 Å². The van der Waals surface area contributed by atoms with Gasteiger partial charge < -0.3 is 0 Å². The molecule has 0 aromatic heterocycles. The zero-order chi connectivity index (χ0) is 11.3. The van der Waals surface area contributed by atoms with Crippen molar-refractivity contribution < 1.29 is 0 Å². The standard InChI is InChI=1S/C13H22P2/c1-4-11(2)13-7-5-12(6-8-13)9-10-15(3)14/h5-8,11H,4,9-10,14H2,1-3H3. The minimum Gasteiger partial charge on any atom is -0.112 e. The van der Waals surface area contributed by atoms with Crippen LogP contribution in [0.25, 0.3) is 0 Å². The van der Waals surface area contributed by atoms with Crippen LogP contribution in [0, 0.1) is 0 Å². The maximum atomic E-state index is 2.93. The molecule has 0 amide bonds. The summed E-state index contributed by atoms with van der Waals surface area (Å²) in [5.41, 5.74) is 2.96. The highest BCUT2D eigenvalue weighted by Crippen LogP contribution is 2.40. The van der Waals surface area contributed by atoms with Crippen molar-refractivity contribution in [1.82, 2.24) is 0 Å². The zero-order valence-electron chi connectivity index (χ0n) is 10.0. The first-order chi connectivity index (χ1) is 7.13. The van der Waals surface area contributed by atoms with E-state index in [4.69, 9.17) is 0 Å². The van der Waals surface area contributed by atoms with Crippen LogP contribution in [-0.4, -0.2) is 12.8 Å². The molecule has 1 aromatic carbocycles. The summed E-state index contributed by atoms with van der Waals surface area (Å²) >= 11 is 0. The Morgan fingerprint density at radius 3 is 2.33 bits per heavy atom. The SMILES string of the molecule is CCC(C)c1ccc(CCP(C)P)cc1. The van der Waals surface area contributed by atoms with Crippen molar-refractivity contribution in [2.45, 2.75) is 32.6 Å². The van der Waals surface area contributed by atoms with Gasteiger partial charge in [-0.1, -0.05) is 45.7 Å². The van der Waals surface area contributed by atoms with E-state index in [0.29, 0.717) is 5.92 Å². The van der Waals surface area contributed by atoms with Crippen molar-refractivity contribution >= 4 is 16.5 Å². The molecule has 0 aliphatic heterocycles. The van der Waals surface area contributed by atoms with Gasteiger partial charge in [0.15, 0.2) is 0 Å². The van der Waals surface area contributed by atoms with E-state index < -0.39 is 0 Å². The molecule has 0 heterocycles. The molecule has 84 valence electrons. The molecule has 2 heteroatoms. The summed E-state index contributed by atoms with van der Waals surface area (Å²) in [7, 11) is 3.10. The van der Waals surface area contributed by atoms with Crippen LogP contribution in [0.3, 0.4) is 0 Å². The van der Waals surface area contributed by atoms with E-state index in [2.05, 4.69) is 53.7 Å². The molecule has 0 aliphatic rings. The summed E-state index contributed by atoms with van der Waals surface area (Å²) in [4.78, 5) is 0. The molecule has 15 heavy (non-hydrogen) atoms. The molecular weight excluding hydrogens is 218 g/mol. The Kier molecular flexibility index (Phi) is 5.80. The van der Waals surface area contributed by atoms with Crippen LogP contribution in [0.15, 0.2) is 24.3 Å². The van der Waals surface area contributed by atoms with Gasteiger partial charge in [-0.15, -0.1) is 8.93 Å². The number of aryl methyl sites for hydroxylation is 1. The highest BCUT2D eigenvalue weighted by atomic mass is 32.0. The topological polar surface area (TPSA) is 0 Å². The molecule has 0 bridgehead atoms. The minimum atomic E-state index is 0.169. The van der Waals surface area contributed by atoms with E-state index in [0.717, 1.165) is 0 Å². The second-order valence-corrected chi connectivity index (χ2v) is 8.89. The van der Waals surface area contributed by atoms with Crippen molar-refractivity contribution in [3.63, 3.8) is 0 Å². The molecular formula is C13H22P2. The summed E-state index contributed by atoms with van der Waals surface area (Å²) in [6.07, 6.45) is 3.78. The first-order valence-corrected chi connectivity index (χ1v) is 9.27. The fourth-order valence-electron chi connectivity index (χ4n) is 1.55. The van der Waals surface area contributed by atoms with Crippen LogP contribution in [0.2, 0.25) is 0 Å². The van der Waals surface area contributed by atoms with Crippen LogP contribution in [0.1, 0.15) is 37.3 Å². The van der Waals surface area contributed by atoms with Gasteiger partial charge >= 0.3 is 0 Å². The second kappa shape index (κ2) is 6.62. The van der Waals surface area contributed by atoms with Gasteiger partial charge in [0.25, 0.3) is 0 Å². The van der Waals surface area contributed by atoms with Crippen LogP contribution in [0.5, 0.6) is 0 Å². The van der Waals surface area contributed by atoms with E-state index in [1.54, 1.807) is 0 Å². The van der Waals surface area contributed by atoms with Gasteiger partial charge in [-0.25, -0.2) is 0 Å². The zero-order valence-corrected chi connectivity index (χ0v) is 12.1. The van der Waals surface area contributed by atoms with E-state index in [-0.39, 0.29) is 7.61 Å². The maximum Gasteiger partial charge on any atom is -0.0193 e. The maximum absolute atomic E-state index is 2.93. The Hall–Kier alpha value is 0.0800. The smallest absolute Gasteiger partial charge is 0.0193 e. The molecule has 0 saturated carbocycles. The highest BCUT2D eigenvalue weighted by molar-refractivity contribution is 8.13. The average molecular weight is 240 g/mol. The quantitative estimate of drug-likeness (QED) is 0.657. The summed E-state index contributed by atoms with van der Waals surface area (Å²) in [6, 6.07) is 9.18. The lowest BCUT2D eigenvalue weighted by atomic mass is 9.97. The summed E-state index contributed by atoms with van der Waals surface area (Å²) in [6.45, 7) is 6.85. The molecule has 3 atom stereocenters. The number of rotatable bonds is 5. The summed E-state index contributed by atoms with van der Waals surface area (Å²) in [5, 5.41) is 0. The van der Waals surface area contributed by atoms with Crippen molar-refractivity contribution in [2.24, 2.45) is 0 Å². The molecule has 0 spiro atoms. The van der Waals surface area contributed by atoms with Crippen LogP contribution in [-0.2, 0) is 6.42 Å². The number of benzene rings is 1. The Balaban J connectivity index is 2.56. The Bertz CT molecular complexity index is 277. The summed E-state index contributed by atoms with van der Waals surface area (Å²) < 4.78 is 0. The highest BCUT2D eigenvalue weighted by Gasteiger charge is 2.02. The first-order valence-electron chi connectivity index (χ1n) is 5.68. The van der Waals surface area contributed by atoms with Gasteiger partial charge in [0.2, 0.25) is 0 Å². The number of hydrogen-bond acceptors (Lipinski definition) is 0. The molecule has 0 N–H and O–H groups in total. The largest absolute Gasteiger partial charge is 0.112 e. The lowest BCUT2D eigenvalue weighted by Gasteiger charge is -2.10. The van der Waals surface area contributed by atoms with E-state index >= 15 is 0 Å². The van der Waals surface area contributed by atoms with Gasteiger partial charge in [0, 0.05) is 0 Å². The molecule has 1 rings (SSSR count). The lowest BCUT2D eigenvalue weighted by Crippen LogP contribution is -1.93. The monoisotopic (exact) mass is 240 g/mol. The molecule has 0 fully saturated rings. The van der Waals surface area contributed by atoms with Crippen LogP contribution >= 0.6 is 16.5 Å². The van der Waals surface area contributed by atoms with Crippen LogP contribution in [0.4, 0.5) is 0 Å². The van der Waals surface area contributed by atoms with Crippen molar-refractivity contribution in [3.8, 4) is 0 Å². The van der Waals surface area contributed by atoms with E-state index in [1.165, 1.54) is 30.1 Å². The van der Waals surface area contributed by atoms with Crippen LogP contribution < -0.4 is 0 Å². The Labute approximate surface area is 97.7 Å². The summed E-state index contributed by atoms with van der Waals surface area (Å²) in [5.74, 6) is 0.698. The average Bonchev–Trinajstić information content (AvgIpc) is 2.26. The third-order valence-electron chi connectivity index (χ3n) is 2.91. The molecule has 1 aromatic rings. The predicted octanol–water partition coefficient (Wildman–Crippen LogP) is 4.64. The first kappa shape index (κ1) is 13.1. The molecule has 0 nitrogen and oxygen atoms in total. The third-order valence-corrected chi connectivity index (χ3v) is 4.62. The van der Waals surface area contributed by atoms with Gasteiger partial charge in [-0.3, -0.25) is 0 Å².